The summed E-state index contributed by atoms with van der Waals surface area (Å²) in [5.74, 6) is -0.389. The second-order valence-corrected chi connectivity index (χ2v) is 9.66. The number of fused-ring (bicyclic) bond motifs is 1. The number of nitrogens with zero attached hydrogens (tertiary/aromatic N) is 2. The summed E-state index contributed by atoms with van der Waals surface area (Å²) in [6, 6.07) is 20.2. The molecule has 1 aliphatic rings. The molecule has 2 heterocycles. The van der Waals surface area contributed by atoms with E-state index in [-0.39, 0.29) is 18.2 Å². The lowest BCUT2D eigenvalue weighted by Crippen LogP contribution is -2.31. The van der Waals surface area contributed by atoms with E-state index in [0.29, 0.717) is 15.7 Å². The molecule has 3 aromatic carbocycles. The second kappa shape index (κ2) is 9.06. The van der Waals surface area contributed by atoms with E-state index < -0.39 is 5.25 Å². The van der Waals surface area contributed by atoms with E-state index in [1.54, 1.807) is 30.5 Å². The van der Waals surface area contributed by atoms with Gasteiger partial charge >= 0.3 is 0 Å². The minimum Gasteiger partial charge on any atom is -0.361 e. The Labute approximate surface area is 204 Å². The lowest BCUT2D eigenvalue weighted by atomic mass is 10.2. The molecule has 0 bridgehead atoms. The van der Waals surface area contributed by atoms with Crippen LogP contribution in [0.15, 0.2) is 82.8 Å². The van der Waals surface area contributed by atoms with Crippen LogP contribution in [0.4, 0.5) is 11.4 Å². The van der Waals surface area contributed by atoms with E-state index >= 15 is 0 Å². The number of carbonyl (C=O) groups is 2. The summed E-state index contributed by atoms with van der Waals surface area (Å²) in [6.07, 6.45) is 3.68. The molecule has 33 heavy (non-hydrogen) atoms. The maximum Gasteiger partial charge on any atom is 0.247 e. The van der Waals surface area contributed by atoms with E-state index in [9.17, 15) is 9.59 Å². The maximum atomic E-state index is 13.0. The molecule has 1 fully saturated rings. The molecule has 0 saturated carbocycles. The highest BCUT2D eigenvalue weighted by atomic mass is 35.5. The number of hydrogen-bond donors (Lipinski definition) is 1. The number of benzene rings is 3. The van der Waals surface area contributed by atoms with Crippen LogP contribution < -0.4 is 4.90 Å². The number of amides is 2. The van der Waals surface area contributed by atoms with Crippen molar-refractivity contribution in [2.24, 2.45) is 4.99 Å². The van der Waals surface area contributed by atoms with Gasteiger partial charge < -0.3 is 4.98 Å². The molecule has 5 nitrogen and oxygen atoms in total. The van der Waals surface area contributed by atoms with Crippen LogP contribution in [0.1, 0.15) is 12.0 Å². The van der Waals surface area contributed by atoms with Crippen LogP contribution in [0, 0.1) is 0 Å². The molecule has 1 saturated heterocycles. The standard InChI is InChI=1S/C25H17Cl2N3O2S/c26-17-3-1-16(21(27)11-17)14-29-18-4-7-20(8-5-18)33-23-13-24(31)30(25(23)32)19-6-2-15-9-10-28-22(15)12-19/h1-12,14,23,28H,13H2. The zero-order chi connectivity index (χ0) is 22.9. The third-order valence-corrected chi connectivity index (χ3v) is 7.09. The molecule has 1 N–H and O–H groups in total. The first-order chi connectivity index (χ1) is 16.0. The minimum atomic E-state index is -0.459. The minimum absolute atomic E-state index is 0.168. The Hall–Kier alpha value is -3.06. The van der Waals surface area contributed by atoms with Gasteiger partial charge in [-0.3, -0.25) is 14.6 Å². The monoisotopic (exact) mass is 493 g/mol. The molecular weight excluding hydrogens is 477 g/mol. The van der Waals surface area contributed by atoms with Gasteiger partial charge in [0.15, 0.2) is 0 Å². The van der Waals surface area contributed by atoms with Crippen LogP contribution >= 0.6 is 35.0 Å². The Bertz CT molecular complexity index is 1400. The molecule has 0 radical (unpaired) electrons. The van der Waals surface area contributed by atoms with E-state index in [4.69, 9.17) is 23.2 Å². The Balaban J connectivity index is 1.28. The Morgan fingerprint density at radius 2 is 1.82 bits per heavy atom. The van der Waals surface area contributed by atoms with Crippen LogP contribution in [0.3, 0.4) is 0 Å². The zero-order valence-electron chi connectivity index (χ0n) is 17.2. The molecule has 1 unspecified atom stereocenters. The predicted octanol–water partition coefficient (Wildman–Crippen LogP) is 6.65. The lowest BCUT2D eigenvalue weighted by molar-refractivity contribution is -0.121. The molecule has 1 aliphatic heterocycles. The number of rotatable bonds is 5. The van der Waals surface area contributed by atoms with Gasteiger partial charge in [-0.15, -0.1) is 11.8 Å². The summed E-state index contributed by atoms with van der Waals surface area (Å²) >= 11 is 13.5. The number of imide groups is 1. The molecule has 2 amide bonds. The smallest absolute Gasteiger partial charge is 0.247 e. The number of H-pyrrole nitrogens is 1. The van der Waals surface area contributed by atoms with Gasteiger partial charge in [0.25, 0.3) is 0 Å². The third-order valence-electron chi connectivity index (χ3n) is 5.33. The number of thioether (sulfide) groups is 1. The van der Waals surface area contributed by atoms with Gasteiger partial charge in [0.05, 0.1) is 21.6 Å². The van der Waals surface area contributed by atoms with Gasteiger partial charge in [0.1, 0.15) is 0 Å². The predicted molar refractivity (Wildman–Crippen MR) is 135 cm³/mol. The van der Waals surface area contributed by atoms with Crippen LogP contribution in [0.25, 0.3) is 10.9 Å². The van der Waals surface area contributed by atoms with E-state index in [1.165, 1.54) is 16.7 Å². The van der Waals surface area contributed by atoms with E-state index in [0.717, 1.165) is 27.0 Å². The van der Waals surface area contributed by atoms with E-state index in [2.05, 4.69) is 9.98 Å². The van der Waals surface area contributed by atoms with Crippen molar-refractivity contribution in [2.45, 2.75) is 16.6 Å². The summed E-state index contributed by atoms with van der Waals surface area (Å²) in [7, 11) is 0. The summed E-state index contributed by atoms with van der Waals surface area (Å²) in [5, 5.41) is 1.67. The average Bonchev–Trinajstić information content (AvgIpc) is 3.37. The molecule has 8 heteroatoms. The normalized spacial score (nSPS) is 16.4. The van der Waals surface area contributed by atoms with Crippen LogP contribution in [0.2, 0.25) is 10.0 Å². The number of anilines is 1. The molecule has 0 aliphatic carbocycles. The first kappa shape index (κ1) is 21.8. The summed E-state index contributed by atoms with van der Waals surface area (Å²) < 4.78 is 0. The highest BCUT2D eigenvalue weighted by Crippen LogP contribution is 2.35. The second-order valence-electron chi connectivity index (χ2n) is 7.55. The highest BCUT2D eigenvalue weighted by molar-refractivity contribution is 8.00. The number of halogens is 2. The first-order valence-electron chi connectivity index (χ1n) is 10.2. The van der Waals surface area contributed by atoms with Crippen LogP contribution in [0.5, 0.6) is 0 Å². The number of hydrogen-bond acceptors (Lipinski definition) is 4. The molecule has 4 aromatic rings. The first-order valence-corrected chi connectivity index (χ1v) is 11.8. The number of nitrogens with one attached hydrogen (secondary N) is 1. The third kappa shape index (κ3) is 4.55. The summed E-state index contributed by atoms with van der Waals surface area (Å²) in [5.41, 5.74) is 3.00. The maximum absolute atomic E-state index is 13.0. The highest BCUT2D eigenvalue weighted by Gasteiger charge is 2.40. The van der Waals surface area contributed by atoms with Crippen LogP contribution in [-0.2, 0) is 9.59 Å². The zero-order valence-corrected chi connectivity index (χ0v) is 19.5. The van der Waals surface area contributed by atoms with Crippen molar-refractivity contribution in [3.05, 3.63) is 88.5 Å². The van der Waals surface area contributed by atoms with Crippen molar-refractivity contribution < 1.29 is 9.59 Å². The Kier molecular flexibility index (Phi) is 5.98. The van der Waals surface area contributed by atoms with Gasteiger partial charge in [-0.25, -0.2) is 4.90 Å². The topological polar surface area (TPSA) is 65.5 Å². The molecule has 1 aromatic heterocycles. The fraction of sp³-hybridized carbons (Fsp3) is 0.0800. The summed E-state index contributed by atoms with van der Waals surface area (Å²) in [6.45, 7) is 0. The van der Waals surface area contributed by atoms with Crippen molar-refractivity contribution >= 4 is 75.3 Å². The Morgan fingerprint density at radius 3 is 2.61 bits per heavy atom. The molecule has 5 rings (SSSR count). The van der Waals surface area contributed by atoms with Crippen molar-refractivity contribution in [2.75, 3.05) is 4.90 Å². The van der Waals surface area contributed by atoms with Crippen molar-refractivity contribution in [1.29, 1.82) is 0 Å². The number of aromatic nitrogens is 1. The SMILES string of the molecule is O=C1CC(Sc2ccc(N=Cc3ccc(Cl)cc3Cl)cc2)C(=O)N1c1ccc2cc[nH]c2c1. The number of aliphatic imine (C=N–C) groups is 1. The van der Waals surface area contributed by atoms with Crippen LogP contribution in [-0.4, -0.2) is 28.3 Å². The number of carbonyl (C=O) groups excluding carboxylic acids is 2. The van der Waals surface area contributed by atoms with Gasteiger partial charge in [0, 0.05) is 39.8 Å². The summed E-state index contributed by atoms with van der Waals surface area (Å²) in [4.78, 5) is 35.4. The van der Waals surface area contributed by atoms with Crippen molar-refractivity contribution in [1.82, 2.24) is 4.98 Å². The van der Waals surface area contributed by atoms with Gasteiger partial charge in [-0.2, -0.15) is 0 Å². The lowest BCUT2D eigenvalue weighted by Gasteiger charge is -2.15. The van der Waals surface area contributed by atoms with E-state index in [1.807, 2.05) is 48.7 Å². The fourth-order valence-corrected chi connectivity index (χ4v) is 5.18. The molecule has 164 valence electrons. The van der Waals surface area contributed by atoms with Gasteiger partial charge in [-0.05, 0) is 60.0 Å². The largest absolute Gasteiger partial charge is 0.361 e. The molecule has 1 atom stereocenters. The van der Waals surface area contributed by atoms with Gasteiger partial charge in [0.2, 0.25) is 11.8 Å². The molecular formula is C25H17Cl2N3O2S. The molecule has 0 spiro atoms. The Morgan fingerprint density at radius 1 is 1.00 bits per heavy atom. The van der Waals surface area contributed by atoms with Crippen molar-refractivity contribution in [3.8, 4) is 0 Å². The average molecular weight is 494 g/mol. The van der Waals surface area contributed by atoms with Gasteiger partial charge in [-0.1, -0.05) is 35.3 Å². The quantitative estimate of drug-likeness (QED) is 0.250. The van der Waals surface area contributed by atoms with Crippen molar-refractivity contribution in [3.63, 3.8) is 0 Å². The number of aromatic amines is 1. The fourth-order valence-electron chi connectivity index (χ4n) is 3.67.